The first-order chi connectivity index (χ1) is 13.7. The molecule has 1 unspecified atom stereocenters. The van der Waals surface area contributed by atoms with Gasteiger partial charge in [0.05, 0.1) is 13.2 Å². The molecule has 0 saturated carbocycles. The molecule has 28 heavy (non-hydrogen) atoms. The Morgan fingerprint density at radius 3 is 2.75 bits per heavy atom. The molecule has 1 N–H and O–H groups in total. The van der Waals surface area contributed by atoms with Crippen LogP contribution in [-0.2, 0) is 13.0 Å². The maximum absolute atomic E-state index is 5.83. The van der Waals surface area contributed by atoms with Crippen LogP contribution in [0.5, 0.6) is 5.75 Å². The summed E-state index contributed by atoms with van der Waals surface area (Å²) in [6.07, 6.45) is 3.55. The minimum atomic E-state index is 0.364. The lowest BCUT2D eigenvalue weighted by molar-refractivity contribution is 0.235. The average molecular weight is 392 g/mol. The van der Waals surface area contributed by atoms with Crippen molar-refractivity contribution in [2.75, 3.05) is 19.0 Å². The van der Waals surface area contributed by atoms with E-state index in [9.17, 15) is 0 Å². The number of aryl methyl sites for hydroxylation is 2. The molecule has 3 aromatic rings. The summed E-state index contributed by atoms with van der Waals surface area (Å²) in [6, 6.07) is 15.2. The van der Waals surface area contributed by atoms with Crippen LogP contribution in [0.4, 0.5) is 5.69 Å². The summed E-state index contributed by atoms with van der Waals surface area (Å²) in [6.45, 7) is 4.11. The van der Waals surface area contributed by atoms with Crippen LogP contribution in [0.15, 0.2) is 42.5 Å². The SMILES string of the molecule is COc1ccc(NC(=S)N2CCn3c4c(c5cc(C)ccc53)CCCC42)cc1. The summed E-state index contributed by atoms with van der Waals surface area (Å²) < 4.78 is 7.79. The van der Waals surface area contributed by atoms with E-state index in [2.05, 4.69) is 39.9 Å². The monoisotopic (exact) mass is 391 g/mol. The number of thiocarbonyl (C=S) groups is 1. The maximum Gasteiger partial charge on any atom is 0.174 e. The van der Waals surface area contributed by atoms with E-state index >= 15 is 0 Å². The Balaban J connectivity index is 1.47. The molecule has 1 atom stereocenters. The Morgan fingerprint density at radius 2 is 1.96 bits per heavy atom. The molecule has 1 aromatic heterocycles. The van der Waals surface area contributed by atoms with Gasteiger partial charge in [0.25, 0.3) is 0 Å². The Morgan fingerprint density at radius 1 is 1.14 bits per heavy atom. The highest BCUT2D eigenvalue weighted by atomic mass is 32.1. The standard InChI is InChI=1S/C23H25N3OS/c1-15-6-11-20-19(14-15)18-4-3-5-21-22(18)25(20)12-13-26(21)23(28)24-16-7-9-17(27-2)10-8-16/h6-11,14,21H,3-5,12-13H2,1-2H3,(H,24,28). The van der Waals surface area contributed by atoms with Crippen LogP contribution in [0.1, 0.15) is 35.7 Å². The van der Waals surface area contributed by atoms with E-state index in [4.69, 9.17) is 17.0 Å². The number of fused-ring (bicyclic) bond motifs is 3. The number of nitrogens with one attached hydrogen (secondary N) is 1. The molecule has 0 spiro atoms. The molecule has 1 aliphatic heterocycles. The van der Waals surface area contributed by atoms with Crippen molar-refractivity contribution >= 4 is 33.9 Å². The molecule has 0 radical (unpaired) electrons. The predicted octanol–water partition coefficient (Wildman–Crippen LogP) is 5.05. The van der Waals surface area contributed by atoms with Crippen molar-refractivity contribution in [2.24, 2.45) is 0 Å². The topological polar surface area (TPSA) is 29.4 Å². The molecular formula is C23H25N3OS. The summed E-state index contributed by atoms with van der Waals surface area (Å²) in [4.78, 5) is 2.39. The summed E-state index contributed by atoms with van der Waals surface area (Å²) >= 11 is 5.83. The third-order valence-electron chi connectivity index (χ3n) is 6.13. The maximum atomic E-state index is 5.83. The fourth-order valence-corrected chi connectivity index (χ4v) is 5.17. The first-order valence-electron chi connectivity index (χ1n) is 9.99. The van der Waals surface area contributed by atoms with E-state index in [0.717, 1.165) is 36.1 Å². The minimum Gasteiger partial charge on any atom is -0.497 e. The molecule has 2 heterocycles. The number of anilines is 1. The van der Waals surface area contributed by atoms with Crippen molar-refractivity contribution in [3.63, 3.8) is 0 Å². The fourth-order valence-electron chi connectivity index (χ4n) is 4.83. The van der Waals surface area contributed by atoms with E-state index in [-0.39, 0.29) is 0 Å². The van der Waals surface area contributed by atoms with Gasteiger partial charge in [0.1, 0.15) is 5.75 Å². The molecule has 2 aromatic carbocycles. The molecule has 0 saturated heterocycles. The van der Waals surface area contributed by atoms with Gasteiger partial charge in [-0.05, 0) is 80.4 Å². The molecular weight excluding hydrogens is 366 g/mol. The largest absolute Gasteiger partial charge is 0.497 e. The molecule has 1 aliphatic carbocycles. The highest BCUT2D eigenvalue weighted by molar-refractivity contribution is 7.80. The second kappa shape index (κ2) is 6.82. The fraction of sp³-hybridized carbons (Fsp3) is 0.348. The van der Waals surface area contributed by atoms with Crippen molar-refractivity contribution in [3.05, 3.63) is 59.3 Å². The Bertz CT molecular complexity index is 1050. The van der Waals surface area contributed by atoms with Crippen LogP contribution in [-0.4, -0.2) is 28.2 Å². The zero-order valence-electron chi connectivity index (χ0n) is 16.4. The minimum absolute atomic E-state index is 0.364. The van der Waals surface area contributed by atoms with Gasteiger partial charge in [0.15, 0.2) is 5.11 Å². The number of hydrogen-bond acceptors (Lipinski definition) is 2. The molecule has 5 rings (SSSR count). The first-order valence-corrected chi connectivity index (χ1v) is 10.4. The molecule has 0 amide bonds. The molecule has 5 heteroatoms. The highest BCUT2D eigenvalue weighted by Crippen LogP contribution is 2.43. The van der Waals surface area contributed by atoms with E-state index in [1.807, 2.05) is 24.3 Å². The number of rotatable bonds is 2. The van der Waals surface area contributed by atoms with Crippen molar-refractivity contribution in [3.8, 4) is 5.75 Å². The van der Waals surface area contributed by atoms with Crippen LogP contribution < -0.4 is 10.1 Å². The van der Waals surface area contributed by atoms with E-state index in [1.165, 1.54) is 40.6 Å². The van der Waals surface area contributed by atoms with Gasteiger partial charge in [-0.3, -0.25) is 0 Å². The smallest absolute Gasteiger partial charge is 0.174 e. The number of hydrogen-bond donors (Lipinski definition) is 1. The quantitative estimate of drug-likeness (QED) is 0.619. The van der Waals surface area contributed by atoms with Gasteiger partial charge in [-0.2, -0.15) is 0 Å². The van der Waals surface area contributed by atoms with Gasteiger partial charge < -0.3 is 19.5 Å². The summed E-state index contributed by atoms with van der Waals surface area (Å²) in [5, 5.41) is 5.69. The third-order valence-corrected chi connectivity index (χ3v) is 6.47. The van der Waals surface area contributed by atoms with Gasteiger partial charge in [-0.15, -0.1) is 0 Å². The van der Waals surface area contributed by atoms with Gasteiger partial charge in [0.2, 0.25) is 0 Å². The summed E-state index contributed by atoms with van der Waals surface area (Å²) in [5.41, 5.74) is 6.74. The van der Waals surface area contributed by atoms with Gasteiger partial charge in [-0.25, -0.2) is 0 Å². The van der Waals surface area contributed by atoms with Crippen molar-refractivity contribution in [2.45, 2.75) is 38.8 Å². The number of aromatic nitrogens is 1. The lowest BCUT2D eigenvalue weighted by atomic mass is 9.89. The van der Waals surface area contributed by atoms with Crippen molar-refractivity contribution in [1.82, 2.24) is 9.47 Å². The van der Waals surface area contributed by atoms with Crippen molar-refractivity contribution < 1.29 is 4.74 Å². The van der Waals surface area contributed by atoms with Gasteiger partial charge >= 0.3 is 0 Å². The zero-order chi connectivity index (χ0) is 19.3. The van der Waals surface area contributed by atoms with Crippen LogP contribution >= 0.6 is 12.2 Å². The number of methoxy groups -OCH3 is 1. The summed E-state index contributed by atoms with van der Waals surface area (Å²) in [7, 11) is 1.68. The second-order valence-corrected chi connectivity index (χ2v) is 8.18. The van der Waals surface area contributed by atoms with E-state index in [0.29, 0.717) is 6.04 Å². The average Bonchev–Trinajstić information content (AvgIpc) is 3.04. The predicted molar refractivity (Wildman–Crippen MR) is 118 cm³/mol. The summed E-state index contributed by atoms with van der Waals surface area (Å²) in [5.74, 6) is 0.853. The number of benzene rings is 2. The Labute approximate surface area is 171 Å². The van der Waals surface area contributed by atoms with Crippen LogP contribution in [0.2, 0.25) is 0 Å². The Hall–Kier alpha value is -2.53. The molecule has 0 fully saturated rings. The van der Waals surface area contributed by atoms with E-state index < -0.39 is 0 Å². The van der Waals surface area contributed by atoms with E-state index in [1.54, 1.807) is 7.11 Å². The number of ether oxygens (including phenoxy) is 1. The second-order valence-electron chi connectivity index (χ2n) is 7.80. The first kappa shape index (κ1) is 17.6. The lowest BCUT2D eigenvalue weighted by Crippen LogP contribution is -2.45. The molecule has 4 nitrogen and oxygen atoms in total. The highest BCUT2D eigenvalue weighted by Gasteiger charge is 2.35. The van der Waals surface area contributed by atoms with Crippen molar-refractivity contribution in [1.29, 1.82) is 0 Å². The van der Waals surface area contributed by atoms with Crippen LogP contribution in [0.3, 0.4) is 0 Å². The van der Waals surface area contributed by atoms with Crippen LogP contribution in [0, 0.1) is 6.92 Å². The zero-order valence-corrected chi connectivity index (χ0v) is 17.2. The third kappa shape index (κ3) is 2.76. The normalized spacial score (nSPS) is 18.1. The van der Waals surface area contributed by atoms with Gasteiger partial charge in [-0.1, -0.05) is 11.6 Å². The lowest BCUT2D eigenvalue weighted by Gasteiger charge is -2.41. The Kier molecular flexibility index (Phi) is 4.27. The number of nitrogens with zero attached hydrogens (tertiary/aromatic N) is 2. The molecule has 144 valence electrons. The molecule has 2 aliphatic rings. The van der Waals surface area contributed by atoms with Gasteiger partial charge in [0, 0.05) is 35.4 Å². The molecule has 0 bridgehead atoms. The van der Waals surface area contributed by atoms with Crippen LogP contribution in [0.25, 0.3) is 10.9 Å².